The van der Waals surface area contributed by atoms with Crippen LogP contribution in [0.5, 0.6) is 5.75 Å². The Balaban J connectivity index is 1.29. The van der Waals surface area contributed by atoms with Crippen LogP contribution in [0.25, 0.3) is 16.5 Å². The molecule has 2 amide bonds. The Labute approximate surface area is 224 Å². The van der Waals surface area contributed by atoms with Gasteiger partial charge < -0.3 is 33.4 Å². The maximum Gasteiger partial charge on any atom is 0.407 e. The first-order valence-corrected chi connectivity index (χ1v) is 13.2. The van der Waals surface area contributed by atoms with Crippen LogP contribution in [0.15, 0.2) is 42.6 Å². The number of hydrogen-bond acceptors (Lipinski definition) is 7. The minimum Gasteiger partial charge on any atom is -0.453 e. The number of carbonyl (C=O) groups excluding carboxylic acids is 2. The third-order valence-electron chi connectivity index (χ3n) is 7.36. The molecule has 3 N–H and O–H groups in total. The van der Waals surface area contributed by atoms with Gasteiger partial charge in [0.15, 0.2) is 23.0 Å². The average molecular weight is 606 g/mol. The van der Waals surface area contributed by atoms with E-state index in [1.165, 1.54) is 7.11 Å². The number of methoxy groups -OCH3 is 1. The van der Waals surface area contributed by atoms with Gasteiger partial charge in [-0.1, -0.05) is 18.2 Å². The minimum absolute atomic E-state index is 0.0282. The summed E-state index contributed by atoms with van der Waals surface area (Å²) >= 11 is 1.89. The van der Waals surface area contributed by atoms with E-state index < -0.39 is 12.1 Å². The van der Waals surface area contributed by atoms with Gasteiger partial charge in [0.1, 0.15) is 18.0 Å². The summed E-state index contributed by atoms with van der Waals surface area (Å²) in [7, 11) is 1.32. The fourth-order valence-electron chi connectivity index (χ4n) is 5.44. The van der Waals surface area contributed by atoms with Crippen LogP contribution in [0.1, 0.15) is 31.2 Å². The lowest BCUT2D eigenvalue weighted by Gasteiger charge is -2.36. The van der Waals surface area contributed by atoms with Crippen LogP contribution in [-0.2, 0) is 14.3 Å². The van der Waals surface area contributed by atoms with E-state index in [0.717, 1.165) is 53.5 Å². The molecule has 10 heteroatoms. The molecule has 2 aromatic rings. The second kappa shape index (κ2) is 11.1. The fourth-order valence-corrected chi connectivity index (χ4v) is 5.72. The van der Waals surface area contributed by atoms with Gasteiger partial charge in [-0.3, -0.25) is 4.79 Å². The quantitative estimate of drug-likeness (QED) is 0.433. The molecule has 3 aliphatic rings. The smallest absolute Gasteiger partial charge is 0.407 e. The number of nitrogens with one attached hydrogen (secondary N) is 3. The Morgan fingerprint density at radius 1 is 1.14 bits per heavy atom. The zero-order valence-electron chi connectivity index (χ0n) is 20.2. The van der Waals surface area contributed by atoms with Crippen LogP contribution < -0.4 is 19.0 Å². The number of alkyl carbamates (subject to hydrolysis) is 1. The first-order valence-electron chi connectivity index (χ1n) is 12.4. The van der Waals surface area contributed by atoms with E-state index >= 15 is 0 Å². The normalized spacial score (nSPS) is 22.9. The predicted octanol–water partition coefficient (Wildman–Crippen LogP) is 3.53. The Kier molecular flexibility index (Phi) is 7.70. The molecule has 3 heterocycles. The van der Waals surface area contributed by atoms with E-state index in [1.54, 1.807) is 0 Å². The molecule has 2 saturated heterocycles. The zero-order valence-corrected chi connectivity index (χ0v) is 22.3. The van der Waals surface area contributed by atoms with Crippen molar-refractivity contribution in [3.63, 3.8) is 0 Å². The Morgan fingerprint density at radius 3 is 2.69 bits per heavy atom. The molecule has 0 radical (unpaired) electrons. The van der Waals surface area contributed by atoms with Gasteiger partial charge in [0.25, 0.3) is 0 Å². The molecule has 5 rings (SSSR count). The first kappa shape index (κ1) is 24.9. The van der Waals surface area contributed by atoms with Crippen LogP contribution in [0.3, 0.4) is 0 Å². The van der Waals surface area contributed by atoms with E-state index in [4.69, 9.17) is 12.5 Å². The molecule has 3 unspecified atom stereocenters. The predicted molar refractivity (Wildman–Crippen MR) is 144 cm³/mol. The van der Waals surface area contributed by atoms with Crippen molar-refractivity contribution < 1.29 is 22.1 Å². The number of likely N-dealkylation sites (tertiary alicyclic amines) is 1. The summed E-state index contributed by atoms with van der Waals surface area (Å²) in [5.41, 5.74) is 2.06. The van der Waals surface area contributed by atoms with Crippen molar-refractivity contribution in [2.24, 2.45) is 5.92 Å². The van der Waals surface area contributed by atoms with Crippen LogP contribution in [0.2, 0.25) is 0 Å². The highest BCUT2D eigenvalue weighted by Gasteiger charge is 2.42. The van der Waals surface area contributed by atoms with Gasteiger partial charge in [0.2, 0.25) is 5.91 Å². The lowest BCUT2D eigenvalue weighted by Crippen LogP contribution is -2.58. The standard InChI is InChI=1S/C26H31IN4O5/c1-34-26(33)30-23(16-8-11-35-12-9-16)25(32)31-10-2-3-22(31)24-28-15-21(29-24)19-5-4-18-14-20(36-27)7-6-17(18)13-19/h4-7,13-16,22-24,28-29H,2-3,8-12H2,1H3,(H,30,33). The zero-order chi connectivity index (χ0) is 25.1. The summed E-state index contributed by atoms with van der Waals surface area (Å²) in [5, 5.41) is 12.1. The highest BCUT2D eigenvalue weighted by atomic mass is 127. The Hall–Kier alpha value is -2.73. The van der Waals surface area contributed by atoms with Gasteiger partial charge in [-0.25, -0.2) is 4.79 Å². The Bertz CT molecular complexity index is 1150. The maximum atomic E-state index is 13.7. The topological polar surface area (TPSA) is 101 Å². The molecule has 36 heavy (non-hydrogen) atoms. The third-order valence-corrected chi connectivity index (χ3v) is 7.87. The summed E-state index contributed by atoms with van der Waals surface area (Å²) in [6.07, 6.45) is 4.57. The average Bonchev–Trinajstić information content (AvgIpc) is 3.61. The van der Waals surface area contributed by atoms with Crippen molar-refractivity contribution in [2.75, 3.05) is 26.9 Å². The molecule has 192 valence electrons. The Morgan fingerprint density at radius 2 is 1.92 bits per heavy atom. The highest BCUT2D eigenvalue weighted by Crippen LogP contribution is 2.29. The molecular weight excluding hydrogens is 575 g/mol. The van der Waals surface area contributed by atoms with E-state index in [9.17, 15) is 9.59 Å². The number of fused-ring (bicyclic) bond motifs is 1. The molecule has 3 atom stereocenters. The van der Waals surface area contributed by atoms with Gasteiger partial charge in [0, 0.05) is 26.0 Å². The number of benzene rings is 2. The molecule has 0 aromatic heterocycles. The minimum atomic E-state index is -0.618. The summed E-state index contributed by atoms with van der Waals surface area (Å²) in [6.45, 7) is 1.86. The van der Waals surface area contributed by atoms with Gasteiger partial charge in [-0.05, 0) is 66.1 Å². The van der Waals surface area contributed by atoms with Gasteiger partial charge in [-0.15, -0.1) is 0 Å². The molecule has 2 aromatic carbocycles. The number of carbonyl (C=O) groups is 2. The van der Waals surface area contributed by atoms with Crippen molar-refractivity contribution in [1.29, 1.82) is 0 Å². The number of rotatable bonds is 6. The lowest BCUT2D eigenvalue weighted by atomic mass is 9.90. The van der Waals surface area contributed by atoms with E-state index in [-0.39, 0.29) is 24.0 Å². The summed E-state index contributed by atoms with van der Waals surface area (Å²) in [4.78, 5) is 27.7. The number of nitrogens with zero attached hydrogens (tertiary/aromatic N) is 1. The second-order valence-electron chi connectivity index (χ2n) is 9.45. The fraction of sp³-hybridized carbons (Fsp3) is 0.462. The van der Waals surface area contributed by atoms with Crippen LogP contribution in [-0.4, -0.2) is 62.0 Å². The van der Waals surface area contributed by atoms with Crippen molar-refractivity contribution in [1.82, 2.24) is 20.9 Å². The SMILES string of the molecule is COC(=O)NC(C(=O)N1CCCC1C1NC=C(c2ccc3cc(OI)ccc3c2)N1)C1CCOCC1. The van der Waals surface area contributed by atoms with Crippen molar-refractivity contribution >= 4 is 51.5 Å². The summed E-state index contributed by atoms with van der Waals surface area (Å²) in [6, 6.07) is 11.7. The molecule has 2 fully saturated rings. The lowest BCUT2D eigenvalue weighted by molar-refractivity contribution is -0.137. The van der Waals surface area contributed by atoms with Crippen molar-refractivity contribution in [3.8, 4) is 5.75 Å². The monoisotopic (exact) mass is 606 g/mol. The van der Waals surface area contributed by atoms with Gasteiger partial charge in [-0.2, -0.15) is 0 Å². The maximum absolute atomic E-state index is 13.7. The number of amides is 2. The van der Waals surface area contributed by atoms with E-state index in [2.05, 4.69) is 40.2 Å². The second-order valence-corrected chi connectivity index (χ2v) is 9.89. The van der Waals surface area contributed by atoms with Gasteiger partial charge >= 0.3 is 6.09 Å². The van der Waals surface area contributed by atoms with Crippen molar-refractivity contribution in [2.45, 2.75) is 43.9 Å². The number of ether oxygens (including phenoxy) is 2. The first-order chi connectivity index (χ1) is 17.6. The molecule has 9 nitrogen and oxygen atoms in total. The van der Waals surface area contributed by atoms with Gasteiger partial charge in [0.05, 0.1) is 18.8 Å². The van der Waals surface area contributed by atoms with Crippen LogP contribution in [0, 0.1) is 5.92 Å². The highest BCUT2D eigenvalue weighted by molar-refractivity contribution is 14.1. The van der Waals surface area contributed by atoms with Crippen LogP contribution >= 0.6 is 23.0 Å². The van der Waals surface area contributed by atoms with E-state index in [1.807, 2.05) is 46.2 Å². The molecule has 0 aliphatic carbocycles. The van der Waals surface area contributed by atoms with E-state index in [0.29, 0.717) is 19.8 Å². The van der Waals surface area contributed by atoms with Crippen LogP contribution in [0.4, 0.5) is 4.79 Å². The molecule has 0 saturated carbocycles. The summed E-state index contributed by atoms with van der Waals surface area (Å²) in [5.74, 6) is 0.800. The third kappa shape index (κ3) is 5.19. The number of hydrogen-bond donors (Lipinski definition) is 3. The number of halogens is 1. The largest absolute Gasteiger partial charge is 0.453 e. The summed E-state index contributed by atoms with van der Waals surface area (Å²) < 4.78 is 15.6. The molecule has 3 aliphatic heterocycles. The molecule has 0 bridgehead atoms. The molecular formula is C26H31IN4O5. The van der Waals surface area contributed by atoms with Crippen molar-refractivity contribution in [3.05, 3.63) is 48.2 Å². The molecule has 0 spiro atoms.